The molecule has 2 rings (SSSR count). The van der Waals surface area contributed by atoms with Gasteiger partial charge in [0, 0.05) is 25.6 Å². The third kappa shape index (κ3) is 2.26. The number of nitrogens with zero attached hydrogens (tertiary/aromatic N) is 4. The Kier molecular flexibility index (Phi) is 3.06. The fourth-order valence-electron chi connectivity index (χ4n) is 1.56. The molecule has 0 radical (unpaired) electrons. The zero-order valence-corrected chi connectivity index (χ0v) is 9.81. The van der Waals surface area contributed by atoms with E-state index in [1.807, 2.05) is 30.8 Å². The van der Waals surface area contributed by atoms with Gasteiger partial charge in [-0.05, 0) is 18.6 Å². The Bertz CT molecular complexity index is 565. The summed E-state index contributed by atoms with van der Waals surface area (Å²) in [7, 11) is 1.93. The molecule has 0 unspecified atom stereocenters. The van der Waals surface area contributed by atoms with Crippen LogP contribution in [0.25, 0.3) is 0 Å². The first-order chi connectivity index (χ1) is 8.22. The fraction of sp³-hybridized carbons (Fsp3) is 0.250. The first-order valence-corrected chi connectivity index (χ1v) is 5.28. The lowest BCUT2D eigenvalue weighted by Gasteiger charge is -2.08. The first kappa shape index (κ1) is 11.1. The third-order valence-corrected chi connectivity index (χ3v) is 2.61. The molecule has 0 spiro atoms. The highest BCUT2D eigenvalue weighted by atomic mass is 15.1. The van der Waals surface area contributed by atoms with Crippen molar-refractivity contribution in [1.82, 2.24) is 14.5 Å². The predicted octanol–water partition coefficient (Wildman–Crippen LogP) is 1.61. The highest BCUT2D eigenvalue weighted by Gasteiger charge is 2.07. The van der Waals surface area contributed by atoms with Crippen molar-refractivity contribution >= 4 is 5.82 Å². The molecule has 2 aromatic heterocycles. The standard InChI is InChI=1S/C12H13N5/c1-9-3-4-15-12(10(9)7-13)16-8-11-14-5-6-17(11)2/h3-6H,8H2,1-2H3,(H,15,16). The Morgan fingerprint density at radius 1 is 1.41 bits per heavy atom. The molecule has 17 heavy (non-hydrogen) atoms. The van der Waals surface area contributed by atoms with E-state index in [2.05, 4.69) is 21.4 Å². The summed E-state index contributed by atoms with van der Waals surface area (Å²) >= 11 is 0. The molecule has 5 heteroatoms. The van der Waals surface area contributed by atoms with E-state index in [1.54, 1.807) is 12.4 Å². The molecule has 0 saturated heterocycles. The highest BCUT2D eigenvalue weighted by Crippen LogP contribution is 2.15. The summed E-state index contributed by atoms with van der Waals surface area (Å²) in [4.78, 5) is 8.37. The van der Waals surface area contributed by atoms with Crippen LogP contribution in [-0.4, -0.2) is 14.5 Å². The largest absolute Gasteiger partial charge is 0.362 e. The number of aryl methyl sites for hydroxylation is 2. The highest BCUT2D eigenvalue weighted by molar-refractivity contribution is 5.55. The first-order valence-electron chi connectivity index (χ1n) is 5.28. The molecule has 1 N–H and O–H groups in total. The smallest absolute Gasteiger partial charge is 0.144 e. The molecule has 0 aromatic carbocycles. The van der Waals surface area contributed by atoms with E-state index in [-0.39, 0.29) is 0 Å². The lowest BCUT2D eigenvalue weighted by Crippen LogP contribution is -2.08. The molecule has 0 aliphatic carbocycles. The van der Waals surface area contributed by atoms with Crippen molar-refractivity contribution in [2.24, 2.45) is 7.05 Å². The number of nitriles is 1. The van der Waals surface area contributed by atoms with Crippen molar-refractivity contribution in [3.05, 3.63) is 41.6 Å². The van der Waals surface area contributed by atoms with E-state index >= 15 is 0 Å². The molecular weight excluding hydrogens is 214 g/mol. The maximum Gasteiger partial charge on any atom is 0.144 e. The van der Waals surface area contributed by atoms with E-state index in [4.69, 9.17) is 5.26 Å². The van der Waals surface area contributed by atoms with Gasteiger partial charge >= 0.3 is 0 Å². The van der Waals surface area contributed by atoms with Crippen LogP contribution in [0.2, 0.25) is 0 Å². The number of nitrogens with one attached hydrogen (secondary N) is 1. The molecule has 2 heterocycles. The summed E-state index contributed by atoms with van der Waals surface area (Å²) in [5, 5.41) is 12.2. The third-order valence-electron chi connectivity index (χ3n) is 2.61. The molecule has 5 nitrogen and oxygen atoms in total. The van der Waals surface area contributed by atoms with Gasteiger partial charge in [-0.1, -0.05) is 0 Å². The molecule has 86 valence electrons. The lowest BCUT2D eigenvalue weighted by atomic mass is 10.1. The van der Waals surface area contributed by atoms with E-state index in [0.29, 0.717) is 17.9 Å². The minimum atomic E-state index is 0.550. The minimum Gasteiger partial charge on any atom is -0.362 e. The zero-order chi connectivity index (χ0) is 12.3. The van der Waals surface area contributed by atoms with Gasteiger partial charge in [-0.25, -0.2) is 9.97 Å². The van der Waals surface area contributed by atoms with Gasteiger partial charge in [0.15, 0.2) is 0 Å². The van der Waals surface area contributed by atoms with Crippen LogP contribution in [0.1, 0.15) is 17.0 Å². The summed E-state index contributed by atoms with van der Waals surface area (Å²) in [6.07, 6.45) is 5.31. The normalized spacial score (nSPS) is 9.94. The molecule has 0 saturated carbocycles. The average Bonchev–Trinajstić information content (AvgIpc) is 2.72. The van der Waals surface area contributed by atoms with Gasteiger partial charge in [0.05, 0.1) is 12.1 Å². The number of rotatable bonds is 3. The van der Waals surface area contributed by atoms with Crippen molar-refractivity contribution in [1.29, 1.82) is 5.26 Å². The van der Waals surface area contributed by atoms with Crippen molar-refractivity contribution in [2.75, 3.05) is 5.32 Å². The molecule has 0 aliphatic rings. The Balaban J connectivity index is 2.18. The summed E-state index contributed by atoms with van der Waals surface area (Å²) in [6.45, 7) is 2.45. The molecule has 2 aromatic rings. The van der Waals surface area contributed by atoms with Gasteiger partial charge in [0.25, 0.3) is 0 Å². The lowest BCUT2D eigenvalue weighted by molar-refractivity contribution is 0.810. The van der Waals surface area contributed by atoms with Gasteiger partial charge in [-0.3, -0.25) is 0 Å². The van der Waals surface area contributed by atoms with Crippen molar-refractivity contribution in [3.8, 4) is 6.07 Å². The van der Waals surface area contributed by atoms with Crippen LogP contribution >= 0.6 is 0 Å². The average molecular weight is 227 g/mol. The van der Waals surface area contributed by atoms with Crippen LogP contribution in [0.3, 0.4) is 0 Å². The second kappa shape index (κ2) is 4.66. The Morgan fingerprint density at radius 3 is 2.88 bits per heavy atom. The monoisotopic (exact) mass is 227 g/mol. The summed E-state index contributed by atoms with van der Waals surface area (Å²) in [5.74, 6) is 1.51. The topological polar surface area (TPSA) is 66.5 Å². The Morgan fingerprint density at radius 2 is 2.24 bits per heavy atom. The minimum absolute atomic E-state index is 0.550. The van der Waals surface area contributed by atoms with Crippen LogP contribution < -0.4 is 5.32 Å². The predicted molar refractivity (Wildman–Crippen MR) is 64.2 cm³/mol. The molecule has 0 aliphatic heterocycles. The van der Waals surface area contributed by atoms with Gasteiger partial charge < -0.3 is 9.88 Å². The van der Waals surface area contributed by atoms with E-state index in [0.717, 1.165) is 11.4 Å². The molecule has 0 amide bonds. The van der Waals surface area contributed by atoms with Crippen LogP contribution in [-0.2, 0) is 13.6 Å². The Labute approximate surface area is 99.7 Å². The van der Waals surface area contributed by atoms with Gasteiger partial charge in [-0.2, -0.15) is 5.26 Å². The maximum atomic E-state index is 9.06. The zero-order valence-electron chi connectivity index (χ0n) is 9.81. The number of aromatic nitrogens is 3. The molecular formula is C12H13N5. The summed E-state index contributed by atoms with van der Waals surface area (Å²) < 4.78 is 1.93. The SMILES string of the molecule is Cc1ccnc(NCc2nccn2C)c1C#N. The Hall–Kier alpha value is -2.35. The number of anilines is 1. The number of imidazole rings is 1. The number of pyridine rings is 1. The maximum absolute atomic E-state index is 9.06. The summed E-state index contributed by atoms with van der Waals surface area (Å²) in [5.41, 5.74) is 1.51. The van der Waals surface area contributed by atoms with E-state index < -0.39 is 0 Å². The van der Waals surface area contributed by atoms with E-state index in [9.17, 15) is 0 Å². The van der Waals surface area contributed by atoms with Crippen molar-refractivity contribution < 1.29 is 0 Å². The van der Waals surface area contributed by atoms with Crippen LogP contribution in [0.5, 0.6) is 0 Å². The van der Waals surface area contributed by atoms with Crippen LogP contribution in [0, 0.1) is 18.3 Å². The summed E-state index contributed by atoms with van der Waals surface area (Å²) in [6, 6.07) is 3.98. The second-order valence-corrected chi connectivity index (χ2v) is 3.77. The van der Waals surface area contributed by atoms with Crippen molar-refractivity contribution in [3.63, 3.8) is 0 Å². The second-order valence-electron chi connectivity index (χ2n) is 3.77. The van der Waals surface area contributed by atoms with Crippen LogP contribution in [0.4, 0.5) is 5.82 Å². The molecule has 0 atom stereocenters. The van der Waals surface area contributed by atoms with E-state index in [1.165, 1.54) is 0 Å². The molecule has 0 bridgehead atoms. The quantitative estimate of drug-likeness (QED) is 0.865. The number of hydrogen-bond acceptors (Lipinski definition) is 4. The van der Waals surface area contributed by atoms with Crippen molar-refractivity contribution in [2.45, 2.75) is 13.5 Å². The molecule has 0 fully saturated rings. The van der Waals surface area contributed by atoms with Gasteiger partial charge in [0.1, 0.15) is 17.7 Å². The van der Waals surface area contributed by atoms with Crippen LogP contribution in [0.15, 0.2) is 24.7 Å². The fourth-order valence-corrected chi connectivity index (χ4v) is 1.56. The van der Waals surface area contributed by atoms with Gasteiger partial charge in [0.2, 0.25) is 0 Å². The van der Waals surface area contributed by atoms with Gasteiger partial charge in [-0.15, -0.1) is 0 Å². The number of hydrogen-bond donors (Lipinski definition) is 1.